The minimum atomic E-state index is -0.260. The molecular weight excluding hydrogens is 357 g/mol. The molecule has 0 saturated carbocycles. The molecule has 5 heteroatoms. The van der Waals surface area contributed by atoms with E-state index < -0.39 is 0 Å². The number of benzene rings is 2. The van der Waals surface area contributed by atoms with E-state index in [1.54, 1.807) is 30.1 Å². The third-order valence-electron chi connectivity index (χ3n) is 4.35. The van der Waals surface area contributed by atoms with E-state index in [0.29, 0.717) is 0 Å². The van der Waals surface area contributed by atoms with Crippen LogP contribution in [0.2, 0.25) is 0 Å². The lowest BCUT2D eigenvalue weighted by Crippen LogP contribution is -1.97. The second-order valence-corrected chi connectivity index (χ2v) is 7.09. The highest BCUT2D eigenvalue weighted by atomic mass is 32.2. The van der Waals surface area contributed by atoms with Gasteiger partial charge < -0.3 is 0 Å². The first-order valence-electron chi connectivity index (χ1n) is 8.57. The Morgan fingerprint density at radius 2 is 1.63 bits per heavy atom. The fourth-order valence-electron chi connectivity index (χ4n) is 2.96. The first kappa shape index (κ1) is 17.5. The summed E-state index contributed by atoms with van der Waals surface area (Å²) in [7, 11) is 0. The van der Waals surface area contributed by atoms with Crippen LogP contribution in [0.3, 0.4) is 0 Å². The van der Waals surface area contributed by atoms with Crippen LogP contribution in [0.25, 0.3) is 28.3 Å². The van der Waals surface area contributed by atoms with Gasteiger partial charge in [0.25, 0.3) is 0 Å². The van der Waals surface area contributed by atoms with Gasteiger partial charge in [0.05, 0.1) is 11.4 Å². The van der Waals surface area contributed by atoms with Crippen molar-refractivity contribution in [2.24, 2.45) is 0 Å². The van der Waals surface area contributed by atoms with E-state index in [-0.39, 0.29) is 5.82 Å². The second-order valence-electron chi connectivity index (χ2n) is 6.21. The van der Waals surface area contributed by atoms with Crippen LogP contribution in [0, 0.1) is 12.7 Å². The summed E-state index contributed by atoms with van der Waals surface area (Å²) in [5.74, 6) is 0.508. The highest BCUT2D eigenvalue weighted by Crippen LogP contribution is 2.29. The molecule has 4 rings (SSSR count). The maximum Gasteiger partial charge on any atom is 0.145 e. The predicted octanol–water partition coefficient (Wildman–Crippen LogP) is 5.77. The number of aryl methyl sites for hydroxylation is 1. The van der Waals surface area contributed by atoms with Gasteiger partial charge in [-0.1, -0.05) is 12.1 Å². The Hall–Kier alpha value is -2.92. The standard InChI is InChI=1S/C22H18FN3S/c1-15-13-19(11-12-24-15)26-14-21(16-5-9-20(27-2)10-6-16)25-22(26)17-3-7-18(23)8-4-17/h3-14H,1-2H3. The van der Waals surface area contributed by atoms with E-state index in [2.05, 4.69) is 35.5 Å². The molecule has 0 saturated heterocycles. The molecule has 0 bridgehead atoms. The minimum Gasteiger partial charge on any atom is -0.299 e. The maximum absolute atomic E-state index is 13.4. The van der Waals surface area contributed by atoms with Crippen molar-refractivity contribution in [1.29, 1.82) is 0 Å². The lowest BCUT2D eigenvalue weighted by molar-refractivity contribution is 0.628. The van der Waals surface area contributed by atoms with Gasteiger partial charge >= 0.3 is 0 Å². The molecular formula is C22H18FN3S. The average Bonchev–Trinajstić information content (AvgIpc) is 3.14. The molecule has 134 valence electrons. The molecule has 2 heterocycles. The van der Waals surface area contributed by atoms with E-state index in [0.717, 1.165) is 34.0 Å². The van der Waals surface area contributed by atoms with Crippen molar-refractivity contribution in [3.8, 4) is 28.3 Å². The Morgan fingerprint density at radius 3 is 2.30 bits per heavy atom. The summed E-state index contributed by atoms with van der Waals surface area (Å²) >= 11 is 1.71. The van der Waals surface area contributed by atoms with Crippen LogP contribution in [0.5, 0.6) is 0 Å². The van der Waals surface area contributed by atoms with Gasteiger partial charge in [0.1, 0.15) is 11.6 Å². The molecule has 27 heavy (non-hydrogen) atoms. The van der Waals surface area contributed by atoms with Crippen LogP contribution < -0.4 is 0 Å². The molecule has 0 atom stereocenters. The van der Waals surface area contributed by atoms with E-state index in [1.807, 2.05) is 29.8 Å². The molecule has 2 aromatic carbocycles. The number of halogens is 1. The predicted molar refractivity (Wildman–Crippen MR) is 109 cm³/mol. The fraction of sp³-hybridized carbons (Fsp3) is 0.0909. The first-order valence-corrected chi connectivity index (χ1v) is 9.79. The van der Waals surface area contributed by atoms with E-state index >= 15 is 0 Å². The van der Waals surface area contributed by atoms with Gasteiger partial charge in [-0.05, 0) is 61.7 Å². The molecule has 0 aliphatic heterocycles. The average molecular weight is 375 g/mol. The number of rotatable bonds is 4. The number of hydrogen-bond acceptors (Lipinski definition) is 3. The van der Waals surface area contributed by atoms with Crippen LogP contribution in [-0.2, 0) is 0 Å². The van der Waals surface area contributed by atoms with Crippen molar-refractivity contribution in [3.63, 3.8) is 0 Å². The number of nitrogens with zero attached hydrogens (tertiary/aromatic N) is 3. The van der Waals surface area contributed by atoms with Crippen molar-refractivity contribution < 1.29 is 4.39 Å². The molecule has 0 aliphatic rings. The summed E-state index contributed by atoms with van der Waals surface area (Å²) in [6.45, 7) is 1.96. The van der Waals surface area contributed by atoms with Gasteiger partial charge in [-0.3, -0.25) is 9.55 Å². The monoisotopic (exact) mass is 375 g/mol. The molecule has 0 N–H and O–H groups in total. The number of thioether (sulfide) groups is 1. The van der Waals surface area contributed by atoms with Gasteiger partial charge in [-0.2, -0.15) is 0 Å². The molecule has 0 amide bonds. The van der Waals surface area contributed by atoms with Gasteiger partial charge in [-0.25, -0.2) is 9.37 Å². The Morgan fingerprint density at radius 1 is 0.926 bits per heavy atom. The van der Waals surface area contributed by atoms with Crippen LogP contribution in [-0.4, -0.2) is 20.8 Å². The summed E-state index contributed by atoms with van der Waals surface area (Å²) in [5, 5.41) is 0. The van der Waals surface area contributed by atoms with E-state index in [4.69, 9.17) is 4.98 Å². The zero-order chi connectivity index (χ0) is 18.8. The third-order valence-corrected chi connectivity index (χ3v) is 5.10. The summed E-state index contributed by atoms with van der Waals surface area (Å²) < 4.78 is 15.4. The van der Waals surface area contributed by atoms with Crippen molar-refractivity contribution >= 4 is 11.8 Å². The highest BCUT2D eigenvalue weighted by molar-refractivity contribution is 7.98. The topological polar surface area (TPSA) is 30.7 Å². The molecule has 0 radical (unpaired) electrons. The summed E-state index contributed by atoms with van der Waals surface area (Å²) in [5.41, 5.74) is 4.67. The summed E-state index contributed by atoms with van der Waals surface area (Å²) in [6, 6.07) is 18.7. The molecule has 0 fully saturated rings. The van der Waals surface area contributed by atoms with Gasteiger partial charge in [-0.15, -0.1) is 11.8 Å². The SMILES string of the molecule is CSc1ccc(-c2cn(-c3ccnc(C)c3)c(-c3ccc(F)cc3)n2)cc1. The number of hydrogen-bond donors (Lipinski definition) is 0. The van der Waals surface area contributed by atoms with Crippen LogP contribution in [0.15, 0.2) is 78.0 Å². The number of aromatic nitrogens is 3. The maximum atomic E-state index is 13.4. The normalized spacial score (nSPS) is 10.9. The molecule has 0 unspecified atom stereocenters. The zero-order valence-corrected chi connectivity index (χ0v) is 15.9. The van der Waals surface area contributed by atoms with Gasteiger partial charge in [0.15, 0.2) is 0 Å². The third kappa shape index (κ3) is 3.64. The zero-order valence-electron chi connectivity index (χ0n) is 15.1. The van der Waals surface area contributed by atoms with E-state index in [9.17, 15) is 4.39 Å². The molecule has 4 aromatic rings. The van der Waals surface area contributed by atoms with Crippen LogP contribution >= 0.6 is 11.8 Å². The van der Waals surface area contributed by atoms with Crippen LogP contribution in [0.4, 0.5) is 4.39 Å². The lowest BCUT2D eigenvalue weighted by atomic mass is 10.2. The summed E-state index contributed by atoms with van der Waals surface area (Å²) in [6.07, 6.45) is 5.86. The fourth-order valence-corrected chi connectivity index (χ4v) is 3.37. The van der Waals surface area contributed by atoms with Gasteiger partial charge in [0, 0.05) is 34.1 Å². The largest absolute Gasteiger partial charge is 0.299 e. The van der Waals surface area contributed by atoms with Crippen molar-refractivity contribution in [3.05, 3.63) is 84.6 Å². The quantitative estimate of drug-likeness (QED) is 0.424. The highest BCUT2D eigenvalue weighted by Gasteiger charge is 2.14. The van der Waals surface area contributed by atoms with E-state index in [1.165, 1.54) is 17.0 Å². The second kappa shape index (κ2) is 7.37. The first-order chi connectivity index (χ1) is 13.1. The lowest BCUT2D eigenvalue weighted by Gasteiger charge is -2.08. The Bertz CT molecular complexity index is 1070. The van der Waals surface area contributed by atoms with Crippen molar-refractivity contribution in [2.75, 3.05) is 6.26 Å². The molecule has 0 spiro atoms. The van der Waals surface area contributed by atoms with Crippen LogP contribution in [0.1, 0.15) is 5.69 Å². The molecule has 0 aliphatic carbocycles. The Labute approximate surface area is 161 Å². The Balaban J connectivity index is 1.87. The smallest absolute Gasteiger partial charge is 0.145 e. The summed E-state index contributed by atoms with van der Waals surface area (Å²) in [4.78, 5) is 10.3. The Kier molecular flexibility index (Phi) is 4.77. The van der Waals surface area contributed by atoms with Gasteiger partial charge in [0.2, 0.25) is 0 Å². The number of imidazole rings is 1. The minimum absolute atomic E-state index is 0.260. The number of pyridine rings is 1. The molecule has 3 nitrogen and oxygen atoms in total. The van der Waals surface area contributed by atoms with Crippen molar-refractivity contribution in [1.82, 2.24) is 14.5 Å². The molecule has 2 aromatic heterocycles. The van der Waals surface area contributed by atoms with Crippen molar-refractivity contribution in [2.45, 2.75) is 11.8 Å².